The predicted octanol–water partition coefficient (Wildman–Crippen LogP) is 9.96. The first kappa shape index (κ1) is 62.3. The molecule has 0 N–H and O–H groups in total. The highest BCUT2D eigenvalue weighted by Crippen LogP contribution is 2.41. The van der Waals surface area contributed by atoms with E-state index < -0.39 is 0 Å². The van der Waals surface area contributed by atoms with Crippen molar-refractivity contribution in [2.75, 3.05) is 26.4 Å². The van der Waals surface area contributed by atoms with E-state index in [-0.39, 0.29) is 34.0 Å². The number of hydrogen-bond donors (Lipinski definition) is 0. The summed E-state index contributed by atoms with van der Waals surface area (Å²) in [5, 5.41) is 0. The summed E-state index contributed by atoms with van der Waals surface area (Å²) in [6.07, 6.45) is 40.9. The number of hydrogen-bond acceptors (Lipinski definition) is 4. The van der Waals surface area contributed by atoms with Gasteiger partial charge in [-0.3, -0.25) is 0 Å². The Bertz CT molecular complexity index is 2330. The third-order valence-electron chi connectivity index (χ3n) is 14.7. The summed E-state index contributed by atoms with van der Waals surface area (Å²) in [6.45, 7) is 18.0. The van der Waals surface area contributed by atoms with Gasteiger partial charge in [0.2, 0.25) is 12.7 Å². The lowest BCUT2D eigenvalue weighted by Gasteiger charge is -2.23. The van der Waals surface area contributed by atoms with Crippen molar-refractivity contribution in [3.8, 4) is 34.4 Å². The van der Waals surface area contributed by atoms with E-state index >= 15 is 0 Å². The van der Waals surface area contributed by atoms with Crippen LogP contribution < -0.4 is 62.0 Å². The van der Waals surface area contributed by atoms with Gasteiger partial charge in [0.15, 0.2) is 0 Å². The molecule has 0 unspecified atom stereocenters. The average Bonchev–Trinajstić information content (AvgIpc) is 4.10. The van der Waals surface area contributed by atoms with Gasteiger partial charge in [-0.15, -0.1) is 0 Å². The Kier molecular flexibility index (Phi) is 28.2. The number of ether oxygens (including phenoxy) is 4. The van der Waals surface area contributed by atoms with Crippen LogP contribution in [0.3, 0.4) is 0 Å². The quantitative estimate of drug-likeness (QED) is 0.0312. The summed E-state index contributed by atoms with van der Waals surface area (Å²) in [7, 11) is 0. The summed E-state index contributed by atoms with van der Waals surface area (Å²) >= 11 is 0. The van der Waals surface area contributed by atoms with Crippen molar-refractivity contribution in [2.45, 2.75) is 209 Å². The summed E-state index contributed by atoms with van der Waals surface area (Å²) in [6, 6.07) is 23.0. The molecule has 4 aromatic carbocycles. The first-order valence-electron chi connectivity index (χ1n) is 29.7. The molecule has 1 aliphatic carbocycles. The topological polar surface area (TPSA) is 54.5 Å². The second-order valence-electron chi connectivity index (χ2n) is 21.2. The number of para-hydroxylation sites is 2. The number of imidazole rings is 2. The van der Waals surface area contributed by atoms with E-state index in [2.05, 4.69) is 158 Å². The maximum atomic E-state index is 6.93. The zero-order valence-corrected chi connectivity index (χ0v) is 50.8. The Balaban J connectivity index is 0.00000533. The summed E-state index contributed by atoms with van der Waals surface area (Å²) in [4.78, 5) is 0. The number of aromatic nitrogens is 4. The van der Waals surface area contributed by atoms with E-state index in [1.165, 1.54) is 125 Å². The minimum atomic E-state index is 0. The van der Waals surface area contributed by atoms with E-state index in [0.29, 0.717) is 52.1 Å². The largest absolute Gasteiger partial charge is 1.00 e. The van der Waals surface area contributed by atoms with Crippen LogP contribution in [-0.4, -0.2) is 35.6 Å². The molecule has 0 aliphatic heterocycles. The number of halogens is 2. The maximum Gasteiger partial charge on any atom is 0.248 e. The molecule has 6 aromatic rings. The maximum absolute atomic E-state index is 6.93. The standard InChI is InChI=1S/C66H94N4O4.2BrH/c1-7-13-15-17-19-21-23-25-33-67-35-37-69(51-67)61-47-57-43-53-29-27-31-55(63(53)71-39-9-3)45-59-49-62(70-38-36-68(52-70)34-26-24-22-20-18-16-14-8-2)50-60(66(59)74-42-12-6)46-56-32-28-30-54(64(56)72-40-10-4)44-58(48-61)65(57)73-41-11-5;;/h27-32,35-38,47-52H,7-26,33-34,39-46H2,1-6H3;2*1H/q+2;;/p-2. The van der Waals surface area contributed by atoms with Crippen LogP contribution >= 0.6 is 0 Å². The molecule has 2 heterocycles. The van der Waals surface area contributed by atoms with Gasteiger partial charge < -0.3 is 52.9 Å². The lowest BCUT2D eigenvalue weighted by Crippen LogP contribution is -3.00. The van der Waals surface area contributed by atoms with Crippen molar-refractivity contribution in [1.29, 1.82) is 0 Å². The lowest BCUT2D eigenvalue weighted by molar-refractivity contribution is -0.696. The van der Waals surface area contributed by atoms with Crippen molar-refractivity contribution in [3.05, 3.63) is 143 Å². The summed E-state index contributed by atoms with van der Waals surface area (Å²) in [5.74, 6) is 3.88. The molecule has 0 spiro atoms. The molecule has 0 saturated heterocycles. The van der Waals surface area contributed by atoms with Crippen LogP contribution in [0.2, 0.25) is 0 Å². The molecule has 76 heavy (non-hydrogen) atoms. The van der Waals surface area contributed by atoms with E-state index in [1.54, 1.807) is 0 Å². The Morgan fingerprint density at radius 1 is 0.355 bits per heavy atom. The number of aryl methyl sites for hydroxylation is 2. The van der Waals surface area contributed by atoms with Crippen LogP contribution in [0, 0.1) is 0 Å². The van der Waals surface area contributed by atoms with E-state index in [0.717, 1.165) is 95.4 Å². The van der Waals surface area contributed by atoms with Crippen LogP contribution in [0.25, 0.3) is 11.4 Å². The van der Waals surface area contributed by atoms with Crippen LogP contribution in [0.4, 0.5) is 0 Å². The zero-order valence-electron chi connectivity index (χ0n) is 47.6. The zero-order chi connectivity index (χ0) is 51.7. The van der Waals surface area contributed by atoms with Crippen molar-refractivity contribution < 1.29 is 62.0 Å². The highest BCUT2D eigenvalue weighted by atomic mass is 79.9. The Morgan fingerprint density at radius 2 is 0.632 bits per heavy atom. The molecule has 0 atom stereocenters. The predicted molar refractivity (Wildman–Crippen MR) is 304 cm³/mol. The number of fused-ring (bicyclic) bond motifs is 8. The molecule has 0 radical (unpaired) electrons. The van der Waals surface area contributed by atoms with Crippen molar-refractivity contribution in [3.63, 3.8) is 0 Å². The number of unbranched alkanes of at least 4 members (excludes halogenated alkanes) is 14. The Hall–Kier alpha value is -4.54. The second kappa shape index (κ2) is 34.4. The van der Waals surface area contributed by atoms with Crippen molar-refractivity contribution in [2.24, 2.45) is 0 Å². The third-order valence-corrected chi connectivity index (χ3v) is 14.7. The van der Waals surface area contributed by atoms with E-state index in [9.17, 15) is 0 Å². The van der Waals surface area contributed by atoms with Gasteiger partial charge >= 0.3 is 0 Å². The highest BCUT2D eigenvalue weighted by molar-refractivity contribution is 5.60. The van der Waals surface area contributed by atoms with E-state index in [4.69, 9.17) is 18.9 Å². The molecule has 0 amide bonds. The fourth-order valence-corrected chi connectivity index (χ4v) is 10.7. The normalized spacial score (nSPS) is 12.0. The molecule has 416 valence electrons. The minimum Gasteiger partial charge on any atom is -1.00 e. The van der Waals surface area contributed by atoms with Crippen molar-refractivity contribution >= 4 is 0 Å². The molecule has 1 aliphatic rings. The average molecular weight is 1170 g/mol. The van der Waals surface area contributed by atoms with Crippen LogP contribution in [0.15, 0.2) is 98.1 Å². The van der Waals surface area contributed by atoms with Gasteiger partial charge in [-0.05, 0) is 97.9 Å². The molecule has 2 aromatic heterocycles. The minimum absolute atomic E-state index is 0. The van der Waals surface area contributed by atoms with Crippen LogP contribution in [0.5, 0.6) is 23.0 Å². The molecule has 0 fully saturated rings. The SMILES string of the molecule is CCCCCCCCCC[n+]1ccn(-c2cc3c(OCCC)c(c2)Cc2cccc(c2OCCC)Cc2cc(-n4cc[n+](CCCCCCCCCC)c4)cc(c2OCCC)Cc2cccc(c2OCCC)C3)c1.[Br-].[Br-]. The monoisotopic (exact) mass is 1160 g/mol. The fraction of sp³-hybridized carbons (Fsp3) is 0.545. The van der Waals surface area contributed by atoms with Gasteiger partial charge in [0, 0.05) is 47.9 Å². The molecule has 7 rings (SSSR count). The smallest absolute Gasteiger partial charge is 0.248 e. The van der Waals surface area contributed by atoms with Gasteiger partial charge in [0.25, 0.3) is 0 Å². The van der Waals surface area contributed by atoms with Crippen LogP contribution in [-0.2, 0) is 38.8 Å². The van der Waals surface area contributed by atoms with E-state index in [1.807, 2.05) is 0 Å². The summed E-state index contributed by atoms with van der Waals surface area (Å²) in [5.41, 5.74) is 11.6. The molecule has 0 saturated carbocycles. The highest BCUT2D eigenvalue weighted by Gasteiger charge is 2.25. The number of rotatable bonds is 32. The van der Waals surface area contributed by atoms with Gasteiger partial charge in [-0.25, -0.2) is 18.3 Å². The molecule has 10 heteroatoms. The first-order chi connectivity index (χ1) is 36.5. The molecule has 8 bridgehead atoms. The van der Waals surface area contributed by atoms with Gasteiger partial charge in [-0.1, -0.05) is 155 Å². The van der Waals surface area contributed by atoms with Gasteiger partial charge in [0.1, 0.15) is 59.2 Å². The summed E-state index contributed by atoms with van der Waals surface area (Å²) < 4.78 is 37.0. The third kappa shape index (κ3) is 18.3. The molecular weight excluding hydrogens is 1070 g/mol. The van der Waals surface area contributed by atoms with Gasteiger partial charge in [0.05, 0.1) is 39.5 Å². The number of nitrogens with zero attached hydrogens (tertiary/aromatic N) is 4. The number of benzene rings is 4. The first-order valence-corrected chi connectivity index (χ1v) is 29.7. The fourth-order valence-electron chi connectivity index (χ4n) is 10.7. The van der Waals surface area contributed by atoms with Crippen LogP contribution in [0.1, 0.15) is 214 Å². The lowest BCUT2D eigenvalue weighted by atomic mass is 9.90. The van der Waals surface area contributed by atoms with Crippen molar-refractivity contribution in [1.82, 2.24) is 9.13 Å². The molecular formula is C66H94Br2N4O4. The molecule has 8 nitrogen and oxygen atoms in total. The Labute approximate surface area is 480 Å². The van der Waals surface area contributed by atoms with Gasteiger partial charge in [-0.2, -0.15) is 0 Å². The second-order valence-corrected chi connectivity index (χ2v) is 21.2. The Morgan fingerprint density at radius 3 is 0.921 bits per heavy atom.